The van der Waals surface area contributed by atoms with Crippen molar-refractivity contribution >= 4 is 35.6 Å². The minimum Gasteiger partial charge on any atom is -0.380 e. The van der Waals surface area contributed by atoms with Crippen LogP contribution in [0.2, 0.25) is 5.02 Å². The summed E-state index contributed by atoms with van der Waals surface area (Å²) in [7, 11) is 0. The zero-order chi connectivity index (χ0) is 13.8. The summed E-state index contributed by atoms with van der Waals surface area (Å²) in [5.74, 6) is -0.00754. The fourth-order valence-electron chi connectivity index (χ4n) is 2.09. The van der Waals surface area contributed by atoms with Gasteiger partial charge in [0.2, 0.25) is 0 Å². The molecule has 1 aliphatic heterocycles. The van der Waals surface area contributed by atoms with Crippen LogP contribution in [0, 0.1) is 0 Å². The molecular weight excluding hydrogens is 297 g/mol. The SMILES string of the molecule is CCN(CC)C(=O)c1ccc(NC2CNC2)cc1Cl.Cl. The van der Waals surface area contributed by atoms with Crippen molar-refractivity contribution in [1.82, 2.24) is 10.2 Å². The highest BCUT2D eigenvalue weighted by molar-refractivity contribution is 6.34. The van der Waals surface area contributed by atoms with Gasteiger partial charge in [-0.15, -0.1) is 12.4 Å². The molecule has 1 heterocycles. The summed E-state index contributed by atoms with van der Waals surface area (Å²) >= 11 is 6.22. The Hall–Kier alpha value is -0.970. The molecule has 2 N–H and O–H groups in total. The zero-order valence-electron chi connectivity index (χ0n) is 11.8. The summed E-state index contributed by atoms with van der Waals surface area (Å²) in [6.45, 7) is 7.26. The molecule has 112 valence electrons. The third-order valence-electron chi connectivity index (χ3n) is 3.40. The summed E-state index contributed by atoms with van der Waals surface area (Å²) in [6, 6.07) is 6.01. The fourth-order valence-corrected chi connectivity index (χ4v) is 2.35. The Labute approximate surface area is 131 Å². The molecule has 1 saturated heterocycles. The molecule has 1 aromatic rings. The number of carbonyl (C=O) groups excluding carboxylic acids is 1. The second-order valence-electron chi connectivity index (χ2n) is 4.67. The van der Waals surface area contributed by atoms with E-state index >= 15 is 0 Å². The normalized spacial score (nSPS) is 14.2. The van der Waals surface area contributed by atoms with Crippen LogP contribution in [-0.4, -0.2) is 43.0 Å². The third kappa shape index (κ3) is 3.78. The Morgan fingerprint density at radius 1 is 1.40 bits per heavy atom. The van der Waals surface area contributed by atoms with Gasteiger partial charge < -0.3 is 15.5 Å². The first kappa shape index (κ1) is 17.1. The van der Waals surface area contributed by atoms with E-state index in [0.717, 1.165) is 18.8 Å². The van der Waals surface area contributed by atoms with Crippen LogP contribution in [0.3, 0.4) is 0 Å². The van der Waals surface area contributed by atoms with Gasteiger partial charge >= 0.3 is 0 Å². The second-order valence-corrected chi connectivity index (χ2v) is 5.08. The van der Waals surface area contributed by atoms with Crippen molar-refractivity contribution < 1.29 is 4.79 Å². The maximum absolute atomic E-state index is 12.2. The minimum atomic E-state index is -0.00754. The Balaban J connectivity index is 0.00000200. The van der Waals surface area contributed by atoms with E-state index in [1.54, 1.807) is 11.0 Å². The molecule has 0 unspecified atom stereocenters. The van der Waals surface area contributed by atoms with E-state index in [-0.39, 0.29) is 18.3 Å². The summed E-state index contributed by atoms with van der Waals surface area (Å²) in [5.41, 5.74) is 1.54. The molecule has 1 aromatic carbocycles. The molecule has 1 amide bonds. The average molecular weight is 318 g/mol. The van der Waals surface area contributed by atoms with Gasteiger partial charge in [-0.3, -0.25) is 4.79 Å². The van der Waals surface area contributed by atoms with E-state index in [9.17, 15) is 4.79 Å². The van der Waals surface area contributed by atoms with Crippen molar-refractivity contribution in [3.63, 3.8) is 0 Å². The number of amides is 1. The van der Waals surface area contributed by atoms with Crippen molar-refractivity contribution in [2.24, 2.45) is 0 Å². The van der Waals surface area contributed by atoms with Crippen LogP contribution in [0.1, 0.15) is 24.2 Å². The van der Waals surface area contributed by atoms with Gasteiger partial charge in [-0.25, -0.2) is 0 Å². The van der Waals surface area contributed by atoms with Crippen LogP contribution in [0.4, 0.5) is 5.69 Å². The van der Waals surface area contributed by atoms with E-state index < -0.39 is 0 Å². The average Bonchev–Trinajstić information content (AvgIpc) is 2.35. The molecule has 0 radical (unpaired) electrons. The first-order valence-electron chi connectivity index (χ1n) is 6.71. The molecule has 0 aromatic heterocycles. The van der Waals surface area contributed by atoms with Gasteiger partial charge in [-0.2, -0.15) is 0 Å². The van der Waals surface area contributed by atoms with E-state index in [1.807, 2.05) is 26.0 Å². The Kier molecular flexibility index (Phi) is 6.59. The maximum Gasteiger partial charge on any atom is 0.255 e. The molecule has 6 heteroatoms. The Bertz CT molecular complexity index is 460. The molecule has 1 aliphatic rings. The van der Waals surface area contributed by atoms with Gasteiger partial charge in [-0.05, 0) is 32.0 Å². The summed E-state index contributed by atoms with van der Waals surface area (Å²) in [5, 5.41) is 7.08. The number of hydrogen-bond donors (Lipinski definition) is 2. The zero-order valence-corrected chi connectivity index (χ0v) is 13.4. The van der Waals surface area contributed by atoms with Gasteiger partial charge in [-0.1, -0.05) is 11.6 Å². The molecule has 4 nitrogen and oxygen atoms in total. The second kappa shape index (κ2) is 7.72. The van der Waals surface area contributed by atoms with E-state index in [0.29, 0.717) is 29.7 Å². The lowest BCUT2D eigenvalue weighted by atomic mass is 10.1. The molecule has 20 heavy (non-hydrogen) atoms. The first-order valence-corrected chi connectivity index (χ1v) is 7.09. The van der Waals surface area contributed by atoms with Crippen molar-refractivity contribution in [3.05, 3.63) is 28.8 Å². The predicted molar refractivity (Wildman–Crippen MR) is 86.2 cm³/mol. The standard InChI is InChI=1S/C14H20ClN3O.ClH/c1-3-18(4-2)14(19)12-6-5-10(7-13(12)15)17-11-8-16-9-11;/h5-7,11,16-17H,3-4,8-9H2,1-2H3;1H. The van der Waals surface area contributed by atoms with Crippen molar-refractivity contribution in [2.45, 2.75) is 19.9 Å². The maximum atomic E-state index is 12.2. The van der Waals surface area contributed by atoms with Crippen molar-refractivity contribution in [2.75, 3.05) is 31.5 Å². The molecule has 0 atom stereocenters. The molecular formula is C14H21Cl2N3O. The van der Waals surface area contributed by atoms with Gasteiger partial charge in [0.15, 0.2) is 0 Å². The number of nitrogens with one attached hydrogen (secondary N) is 2. The van der Waals surface area contributed by atoms with Crippen LogP contribution in [0.25, 0.3) is 0 Å². The molecule has 0 bridgehead atoms. The van der Waals surface area contributed by atoms with E-state index in [2.05, 4.69) is 10.6 Å². The highest BCUT2D eigenvalue weighted by atomic mass is 35.5. The lowest BCUT2D eigenvalue weighted by Crippen LogP contribution is -2.51. The Morgan fingerprint density at radius 2 is 2.05 bits per heavy atom. The quantitative estimate of drug-likeness (QED) is 0.877. The predicted octanol–water partition coefficient (Wildman–Crippen LogP) is 2.63. The van der Waals surface area contributed by atoms with Crippen LogP contribution < -0.4 is 10.6 Å². The summed E-state index contributed by atoms with van der Waals surface area (Å²) < 4.78 is 0. The van der Waals surface area contributed by atoms with Crippen LogP contribution >= 0.6 is 24.0 Å². The molecule has 0 spiro atoms. The molecule has 0 saturated carbocycles. The van der Waals surface area contributed by atoms with Crippen LogP contribution in [-0.2, 0) is 0 Å². The number of hydrogen-bond acceptors (Lipinski definition) is 3. The number of nitrogens with zero attached hydrogens (tertiary/aromatic N) is 1. The van der Waals surface area contributed by atoms with Crippen LogP contribution in [0.5, 0.6) is 0 Å². The number of carbonyl (C=O) groups is 1. The lowest BCUT2D eigenvalue weighted by Gasteiger charge is -2.29. The van der Waals surface area contributed by atoms with E-state index in [4.69, 9.17) is 11.6 Å². The molecule has 0 aliphatic carbocycles. The lowest BCUT2D eigenvalue weighted by molar-refractivity contribution is 0.0773. The molecule has 2 rings (SSSR count). The number of benzene rings is 1. The first-order chi connectivity index (χ1) is 9.15. The number of rotatable bonds is 5. The van der Waals surface area contributed by atoms with E-state index in [1.165, 1.54) is 0 Å². The highest BCUT2D eigenvalue weighted by Gasteiger charge is 2.18. The summed E-state index contributed by atoms with van der Waals surface area (Å²) in [6.07, 6.45) is 0. The smallest absolute Gasteiger partial charge is 0.255 e. The number of anilines is 1. The van der Waals surface area contributed by atoms with Gasteiger partial charge in [0.05, 0.1) is 16.6 Å². The monoisotopic (exact) mass is 317 g/mol. The van der Waals surface area contributed by atoms with Crippen molar-refractivity contribution in [1.29, 1.82) is 0 Å². The fraction of sp³-hybridized carbons (Fsp3) is 0.500. The van der Waals surface area contributed by atoms with Gasteiger partial charge in [0.1, 0.15) is 0 Å². The topological polar surface area (TPSA) is 44.4 Å². The van der Waals surface area contributed by atoms with Gasteiger partial charge in [0.25, 0.3) is 5.91 Å². The van der Waals surface area contributed by atoms with Gasteiger partial charge in [0, 0.05) is 31.9 Å². The number of halogens is 2. The Morgan fingerprint density at radius 3 is 2.50 bits per heavy atom. The largest absolute Gasteiger partial charge is 0.380 e. The summed E-state index contributed by atoms with van der Waals surface area (Å²) in [4.78, 5) is 14.0. The highest BCUT2D eigenvalue weighted by Crippen LogP contribution is 2.23. The minimum absolute atomic E-state index is 0. The third-order valence-corrected chi connectivity index (χ3v) is 3.72. The van der Waals surface area contributed by atoms with Crippen molar-refractivity contribution in [3.8, 4) is 0 Å². The molecule has 1 fully saturated rings. The van der Waals surface area contributed by atoms with Crippen LogP contribution in [0.15, 0.2) is 18.2 Å².